The number of pyridine rings is 1. The molecule has 5 rings (SSSR count). The molecule has 0 unspecified atom stereocenters. The lowest BCUT2D eigenvalue weighted by Gasteiger charge is -2.19. The topological polar surface area (TPSA) is 131 Å². The Hall–Kier alpha value is -5.22. The van der Waals surface area contributed by atoms with E-state index in [0.717, 1.165) is 11.1 Å². The number of amides is 1. The number of rotatable bonds is 13. The third-order valence-electron chi connectivity index (χ3n) is 7.16. The van der Waals surface area contributed by atoms with Gasteiger partial charge in [0.2, 0.25) is 5.91 Å². The summed E-state index contributed by atoms with van der Waals surface area (Å²) in [6.45, 7) is 0.0324. The molecular formula is C33H31N3O7. The third-order valence-corrected chi connectivity index (χ3v) is 7.16. The molecule has 220 valence electrons. The largest absolute Gasteiger partial charge is 0.489 e. The summed E-state index contributed by atoms with van der Waals surface area (Å²) in [7, 11) is 1.72. The van der Waals surface area contributed by atoms with Crippen molar-refractivity contribution in [1.82, 2.24) is 14.5 Å². The molecule has 0 spiro atoms. The highest BCUT2D eigenvalue weighted by molar-refractivity contribution is 6.15. The molecule has 0 aliphatic carbocycles. The molecule has 10 nitrogen and oxygen atoms in total. The maximum atomic E-state index is 13.5. The smallest absolute Gasteiger partial charge is 0.356 e. The maximum Gasteiger partial charge on any atom is 0.356 e. The first-order valence-electron chi connectivity index (χ1n) is 13.7. The van der Waals surface area contributed by atoms with Crippen molar-refractivity contribution < 1.29 is 34.1 Å². The molecule has 10 heteroatoms. The number of aromatic carboxylic acids is 1. The number of hydrogen-bond acceptors (Lipinski definition) is 6. The molecular weight excluding hydrogens is 550 g/mol. The lowest BCUT2D eigenvalue weighted by molar-refractivity contribution is -0.142. The first-order chi connectivity index (χ1) is 20.8. The molecule has 43 heavy (non-hydrogen) atoms. The number of nitrogens with zero attached hydrogens (tertiary/aromatic N) is 3. The Morgan fingerprint density at radius 3 is 2.28 bits per heavy atom. The molecule has 5 aromatic rings. The minimum absolute atomic E-state index is 0.116. The van der Waals surface area contributed by atoms with Gasteiger partial charge in [0.05, 0.1) is 12.1 Å². The second kappa shape index (κ2) is 13.2. The molecule has 0 saturated heterocycles. The van der Waals surface area contributed by atoms with E-state index in [2.05, 4.69) is 4.98 Å². The summed E-state index contributed by atoms with van der Waals surface area (Å²) in [5, 5.41) is 20.3. The molecule has 0 aliphatic rings. The Labute approximate surface area is 247 Å². The zero-order valence-corrected chi connectivity index (χ0v) is 23.6. The van der Waals surface area contributed by atoms with Gasteiger partial charge in [-0.25, -0.2) is 14.6 Å². The zero-order valence-electron chi connectivity index (χ0n) is 23.6. The lowest BCUT2D eigenvalue weighted by Crippen LogP contribution is -2.32. The number of carboxylic acid groups (broad SMARTS) is 2. The van der Waals surface area contributed by atoms with Gasteiger partial charge in [-0.15, -0.1) is 0 Å². The summed E-state index contributed by atoms with van der Waals surface area (Å²) in [4.78, 5) is 42.7. The van der Waals surface area contributed by atoms with E-state index in [1.807, 2.05) is 60.7 Å². The van der Waals surface area contributed by atoms with Crippen LogP contribution in [0.5, 0.6) is 5.75 Å². The van der Waals surface area contributed by atoms with Gasteiger partial charge in [-0.3, -0.25) is 4.79 Å². The quantitative estimate of drug-likeness (QED) is 0.203. The molecule has 2 N–H and O–H groups in total. The van der Waals surface area contributed by atoms with E-state index in [9.17, 15) is 19.5 Å². The Morgan fingerprint density at radius 2 is 1.60 bits per heavy atom. The van der Waals surface area contributed by atoms with Crippen LogP contribution in [0.4, 0.5) is 0 Å². The molecule has 2 aromatic heterocycles. The number of aliphatic carboxylic acids is 1. The molecule has 0 fully saturated rings. The molecule has 3 aromatic carbocycles. The van der Waals surface area contributed by atoms with Crippen LogP contribution in [0.15, 0.2) is 85.1 Å². The molecule has 2 heterocycles. The molecule has 0 radical (unpaired) electrons. The summed E-state index contributed by atoms with van der Waals surface area (Å²) in [5.41, 5.74) is 3.22. The summed E-state index contributed by atoms with van der Waals surface area (Å²) in [5.74, 6) is -2.04. The third kappa shape index (κ3) is 6.82. The van der Waals surface area contributed by atoms with Gasteiger partial charge in [0.15, 0.2) is 5.69 Å². The SMILES string of the molecule is CN(CCc1ccccc1)C(=O)Cn1c2ccc(OCc3ccccc3)cc2c2c(COCC(=O)O)cnc(C(=O)O)c21. The predicted molar refractivity (Wildman–Crippen MR) is 160 cm³/mol. The highest BCUT2D eigenvalue weighted by Gasteiger charge is 2.24. The Kier molecular flexibility index (Phi) is 8.97. The van der Waals surface area contributed by atoms with E-state index in [4.69, 9.17) is 14.6 Å². The van der Waals surface area contributed by atoms with Gasteiger partial charge in [-0.1, -0.05) is 60.7 Å². The fourth-order valence-electron chi connectivity index (χ4n) is 5.00. The van der Waals surface area contributed by atoms with Gasteiger partial charge in [-0.05, 0) is 35.7 Å². The van der Waals surface area contributed by atoms with Gasteiger partial charge >= 0.3 is 11.9 Å². The van der Waals surface area contributed by atoms with Crippen molar-refractivity contribution in [3.63, 3.8) is 0 Å². The normalized spacial score (nSPS) is 11.1. The van der Waals surface area contributed by atoms with E-state index in [0.29, 0.717) is 47.2 Å². The second-order valence-corrected chi connectivity index (χ2v) is 10.1. The van der Waals surface area contributed by atoms with Crippen molar-refractivity contribution in [2.75, 3.05) is 20.2 Å². The highest BCUT2D eigenvalue weighted by atomic mass is 16.5. The average Bonchev–Trinajstić information content (AvgIpc) is 3.33. The maximum absolute atomic E-state index is 13.5. The molecule has 0 aliphatic heterocycles. The first kappa shape index (κ1) is 29.3. The van der Waals surface area contributed by atoms with Crippen molar-refractivity contribution in [1.29, 1.82) is 0 Å². The molecule has 1 amide bonds. The summed E-state index contributed by atoms with van der Waals surface area (Å²) < 4.78 is 13.1. The summed E-state index contributed by atoms with van der Waals surface area (Å²) in [6.07, 6.45) is 2.05. The number of carboxylic acids is 2. The Bertz CT molecular complexity index is 1770. The van der Waals surface area contributed by atoms with Gasteiger partial charge in [0.25, 0.3) is 0 Å². The number of carbonyl (C=O) groups is 3. The van der Waals surface area contributed by atoms with Crippen molar-refractivity contribution >= 4 is 39.7 Å². The Morgan fingerprint density at radius 1 is 0.907 bits per heavy atom. The summed E-state index contributed by atoms with van der Waals surface area (Å²) >= 11 is 0. The lowest BCUT2D eigenvalue weighted by atomic mass is 10.1. The monoisotopic (exact) mass is 581 g/mol. The number of benzene rings is 3. The second-order valence-electron chi connectivity index (χ2n) is 10.1. The highest BCUT2D eigenvalue weighted by Crippen LogP contribution is 2.36. The molecule has 0 saturated carbocycles. The van der Waals surface area contributed by atoms with Crippen LogP contribution in [0.3, 0.4) is 0 Å². The number of carbonyl (C=O) groups excluding carboxylic acids is 1. The van der Waals surface area contributed by atoms with Crippen LogP contribution in [0.2, 0.25) is 0 Å². The van der Waals surface area contributed by atoms with Crippen molar-refractivity contribution in [2.45, 2.75) is 26.2 Å². The van der Waals surface area contributed by atoms with Gasteiger partial charge in [-0.2, -0.15) is 0 Å². The number of aromatic nitrogens is 2. The number of likely N-dealkylation sites (N-methyl/N-ethyl adjacent to an activating group) is 1. The molecule has 0 bridgehead atoms. The van der Waals surface area contributed by atoms with E-state index < -0.39 is 18.5 Å². The van der Waals surface area contributed by atoms with Crippen LogP contribution in [0, 0.1) is 0 Å². The number of hydrogen-bond donors (Lipinski definition) is 2. The molecule has 0 atom stereocenters. The van der Waals surface area contributed by atoms with Crippen LogP contribution >= 0.6 is 0 Å². The Balaban J connectivity index is 1.55. The van der Waals surface area contributed by atoms with Crippen LogP contribution < -0.4 is 4.74 Å². The fraction of sp³-hybridized carbons (Fsp3) is 0.212. The minimum atomic E-state index is -1.25. The predicted octanol–water partition coefficient (Wildman–Crippen LogP) is 4.77. The van der Waals surface area contributed by atoms with E-state index in [-0.39, 0.29) is 30.3 Å². The van der Waals surface area contributed by atoms with Gasteiger partial charge in [0, 0.05) is 41.6 Å². The first-order valence-corrected chi connectivity index (χ1v) is 13.7. The standard InChI is InChI=1S/C33H31N3O7/c1-35(15-14-22-8-4-2-5-9-22)28(37)18-36-27-13-12-25(43-19-23-10-6-3-7-11-23)16-26(27)30-24(20-42-21-29(38)39)17-34-31(32(30)36)33(40)41/h2-13,16-17H,14-15,18-21H2,1H3,(H,38,39)(H,40,41). The van der Waals surface area contributed by atoms with Gasteiger partial charge < -0.3 is 29.2 Å². The van der Waals surface area contributed by atoms with Crippen molar-refractivity contribution in [3.8, 4) is 5.75 Å². The average molecular weight is 582 g/mol. The van der Waals surface area contributed by atoms with Crippen LogP contribution in [0.25, 0.3) is 21.8 Å². The van der Waals surface area contributed by atoms with E-state index >= 15 is 0 Å². The summed E-state index contributed by atoms with van der Waals surface area (Å²) in [6, 6.07) is 24.9. The zero-order chi connectivity index (χ0) is 30.3. The van der Waals surface area contributed by atoms with Crippen LogP contribution in [-0.2, 0) is 40.5 Å². The van der Waals surface area contributed by atoms with E-state index in [1.165, 1.54) is 6.20 Å². The van der Waals surface area contributed by atoms with Crippen LogP contribution in [-0.4, -0.2) is 62.7 Å². The number of fused-ring (bicyclic) bond motifs is 3. The minimum Gasteiger partial charge on any atom is -0.489 e. The fourth-order valence-corrected chi connectivity index (χ4v) is 5.00. The van der Waals surface area contributed by atoms with E-state index in [1.54, 1.807) is 34.7 Å². The van der Waals surface area contributed by atoms with Crippen molar-refractivity contribution in [2.24, 2.45) is 0 Å². The van der Waals surface area contributed by atoms with Gasteiger partial charge in [0.1, 0.15) is 25.5 Å². The van der Waals surface area contributed by atoms with Crippen molar-refractivity contribution in [3.05, 3.63) is 107 Å². The van der Waals surface area contributed by atoms with Crippen LogP contribution in [0.1, 0.15) is 27.2 Å². The number of ether oxygens (including phenoxy) is 2.